The second kappa shape index (κ2) is 3.18. The van der Waals surface area contributed by atoms with Crippen molar-refractivity contribution in [3.63, 3.8) is 0 Å². The van der Waals surface area contributed by atoms with Gasteiger partial charge in [-0.25, -0.2) is 0 Å². The highest BCUT2D eigenvalue weighted by molar-refractivity contribution is 5.57. The molecule has 0 bridgehead atoms. The van der Waals surface area contributed by atoms with Crippen LogP contribution in [0.2, 0.25) is 0 Å². The molecule has 0 heterocycles. The van der Waals surface area contributed by atoms with E-state index >= 15 is 0 Å². The maximum absolute atomic E-state index is 3.96. The summed E-state index contributed by atoms with van der Waals surface area (Å²) < 4.78 is 0. The molecular weight excluding hydrogens is 146 g/mol. The SMILES string of the molecule is [CH2]c1ccc(N(C)C)c(C)c1C. The highest BCUT2D eigenvalue weighted by Gasteiger charge is 2.03. The molecule has 1 heteroatoms. The molecule has 1 aromatic carbocycles. The van der Waals surface area contributed by atoms with Gasteiger partial charge in [-0.05, 0) is 43.5 Å². The number of rotatable bonds is 1. The Kier molecular flexibility index (Phi) is 2.41. The first-order valence-corrected chi connectivity index (χ1v) is 4.13. The van der Waals surface area contributed by atoms with Gasteiger partial charge >= 0.3 is 0 Å². The van der Waals surface area contributed by atoms with Crippen molar-refractivity contribution in [3.8, 4) is 0 Å². The Labute approximate surface area is 75.0 Å². The summed E-state index contributed by atoms with van der Waals surface area (Å²) in [5, 5.41) is 0. The van der Waals surface area contributed by atoms with Crippen molar-refractivity contribution in [1.29, 1.82) is 0 Å². The lowest BCUT2D eigenvalue weighted by molar-refractivity contribution is 1.10. The largest absolute Gasteiger partial charge is 0.377 e. The molecule has 1 aromatic rings. The van der Waals surface area contributed by atoms with Crippen LogP contribution in [0, 0.1) is 20.8 Å². The van der Waals surface area contributed by atoms with Gasteiger partial charge in [0.1, 0.15) is 0 Å². The minimum absolute atomic E-state index is 1.12. The summed E-state index contributed by atoms with van der Waals surface area (Å²) in [6.45, 7) is 8.22. The Balaban J connectivity index is 3.27. The normalized spacial score (nSPS) is 10.1. The highest BCUT2D eigenvalue weighted by atomic mass is 15.1. The zero-order chi connectivity index (χ0) is 9.30. The standard InChI is InChI=1S/C11H16N/c1-8-6-7-11(12(4)5)10(3)9(8)2/h6-7H,1H2,2-5H3. The summed E-state index contributed by atoms with van der Waals surface area (Å²) in [6, 6.07) is 4.18. The summed E-state index contributed by atoms with van der Waals surface area (Å²) in [7, 11) is 4.12. The third-order valence-electron chi connectivity index (χ3n) is 2.35. The van der Waals surface area contributed by atoms with Crippen molar-refractivity contribution in [1.82, 2.24) is 0 Å². The molecule has 1 rings (SSSR count). The topological polar surface area (TPSA) is 3.24 Å². The van der Waals surface area contributed by atoms with Crippen molar-refractivity contribution in [2.45, 2.75) is 13.8 Å². The van der Waals surface area contributed by atoms with Crippen molar-refractivity contribution >= 4 is 5.69 Å². The van der Waals surface area contributed by atoms with E-state index in [0.717, 1.165) is 5.56 Å². The number of hydrogen-bond donors (Lipinski definition) is 0. The molecule has 1 nitrogen and oxygen atoms in total. The predicted molar refractivity (Wildman–Crippen MR) is 54.7 cm³/mol. The van der Waals surface area contributed by atoms with E-state index in [-0.39, 0.29) is 0 Å². The Morgan fingerprint density at radius 1 is 1.08 bits per heavy atom. The predicted octanol–water partition coefficient (Wildman–Crippen LogP) is 2.55. The minimum Gasteiger partial charge on any atom is -0.377 e. The molecule has 0 unspecified atom stereocenters. The first-order valence-electron chi connectivity index (χ1n) is 4.13. The fraction of sp³-hybridized carbons (Fsp3) is 0.364. The van der Waals surface area contributed by atoms with Gasteiger partial charge in [0.2, 0.25) is 0 Å². The average Bonchev–Trinajstić information content (AvgIpc) is 2.00. The van der Waals surface area contributed by atoms with Gasteiger partial charge in [0.15, 0.2) is 0 Å². The minimum atomic E-state index is 1.12. The van der Waals surface area contributed by atoms with E-state index < -0.39 is 0 Å². The summed E-state index contributed by atoms with van der Waals surface area (Å²) in [6.07, 6.45) is 0. The molecule has 0 N–H and O–H groups in total. The molecule has 1 radical (unpaired) electrons. The Hall–Kier alpha value is -0.980. The van der Waals surface area contributed by atoms with Crippen LogP contribution >= 0.6 is 0 Å². The molecule has 65 valence electrons. The van der Waals surface area contributed by atoms with Crippen molar-refractivity contribution < 1.29 is 0 Å². The fourth-order valence-electron chi connectivity index (χ4n) is 1.35. The lowest BCUT2D eigenvalue weighted by Gasteiger charge is -2.18. The monoisotopic (exact) mass is 162 g/mol. The van der Waals surface area contributed by atoms with Crippen molar-refractivity contribution in [3.05, 3.63) is 35.7 Å². The third-order valence-corrected chi connectivity index (χ3v) is 2.35. The van der Waals surface area contributed by atoms with Crippen LogP contribution < -0.4 is 4.90 Å². The zero-order valence-corrected chi connectivity index (χ0v) is 8.31. The quantitative estimate of drug-likeness (QED) is 0.613. The third kappa shape index (κ3) is 1.45. The number of hydrogen-bond acceptors (Lipinski definition) is 1. The van der Waals surface area contributed by atoms with Gasteiger partial charge in [-0.2, -0.15) is 0 Å². The number of anilines is 1. The van der Waals surface area contributed by atoms with E-state index in [9.17, 15) is 0 Å². The molecule has 0 aliphatic rings. The van der Waals surface area contributed by atoms with E-state index in [0.29, 0.717) is 0 Å². The number of nitrogens with zero attached hydrogens (tertiary/aromatic N) is 1. The van der Waals surface area contributed by atoms with Gasteiger partial charge in [-0.3, -0.25) is 0 Å². The van der Waals surface area contributed by atoms with Crippen LogP contribution in [0.5, 0.6) is 0 Å². The Morgan fingerprint density at radius 2 is 1.67 bits per heavy atom. The maximum atomic E-state index is 3.96. The van der Waals surface area contributed by atoms with Crippen LogP contribution in [0.25, 0.3) is 0 Å². The average molecular weight is 162 g/mol. The fourth-order valence-corrected chi connectivity index (χ4v) is 1.35. The smallest absolute Gasteiger partial charge is 0.0393 e. The molecule has 0 aliphatic carbocycles. The molecule has 0 fully saturated rings. The summed E-state index contributed by atoms with van der Waals surface area (Å²) in [5.74, 6) is 0. The first-order chi connectivity index (χ1) is 5.54. The molecule has 0 spiro atoms. The molecule has 0 amide bonds. The van der Waals surface area contributed by atoms with E-state index in [2.05, 4.69) is 51.9 Å². The van der Waals surface area contributed by atoms with Gasteiger partial charge < -0.3 is 4.90 Å². The zero-order valence-electron chi connectivity index (χ0n) is 8.31. The lowest BCUT2D eigenvalue weighted by Crippen LogP contribution is -2.11. The van der Waals surface area contributed by atoms with Gasteiger partial charge in [0, 0.05) is 19.8 Å². The molecule has 0 saturated carbocycles. The van der Waals surface area contributed by atoms with Crippen LogP contribution in [-0.4, -0.2) is 14.1 Å². The molecule has 12 heavy (non-hydrogen) atoms. The van der Waals surface area contributed by atoms with Crippen LogP contribution in [-0.2, 0) is 0 Å². The van der Waals surface area contributed by atoms with Crippen LogP contribution in [0.15, 0.2) is 12.1 Å². The van der Waals surface area contributed by atoms with Crippen LogP contribution in [0.1, 0.15) is 16.7 Å². The van der Waals surface area contributed by atoms with E-state index in [4.69, 9.17) is 0 Å². The summed E-state index contributed by atoms with van der Waals surface area (Å²) in [4.78, 5) is 2.13. The second-order valence-corrected chi connectivity index (χ2v) is 3.39. The van der Waals surface area contributed by atoms with Gasteiger partial charge in [-0.15, -0.1) is 0 Å². The lowest BCUT2D eigenvalue weighted by atomic mass is 10.0. The van der Waals surface area contributed by atoms with E-state index in [1.165, 1.54) is 16.8 Å². The molecule has 0 aliphatic heterocycles. The molecular formula is C11H16N. The molecule has 0 aromatic heterocycles. The number of benzene rings is 1. The van der Waals surface area contributed by atoms with Gasteiger partial charge in [0.25, 0.3) is 0 Å². The highest BCUT2D eigenvalue weighted by Crippen LogP contribution is 2.23. The molecule has 0 saturated heterocycles. The van der Waals surface area contributed by atoms with Crippen LogP contribution in [0.4, 0.5) is 5.69 Å². The molecule has 0 atom stereocenters. The van der Waals surface area contributed by atoms with E-state index in [1.54, 1.807) is 0 Å². The van der Waals surface area contributed by atoms with Gasteiger partial charge in [0.05, 0.1) is 0 Å². The van der Waals surface area contributed by atoms with Crippen molar-refractivity contribution in [2.24, 2.45) is 0 Å². The summed E-state index contributed by atoms with van der Waals surface area (Å²) in [5.41, 5.74) is 5.02. The maximum Gasteiger partial charge on any atom is 0.0393 e. The van der Waals surface area contributed by atoms with E-state index in [1.807, 2.05) is 0 Å². The first kappa shape index (κ1) is 9.11. The van der Waals surface area contributed by atoms with Crippen LogP contribution in [0.3, 0.4) is 0 Å². The Bertz CT molecular complexity index is 287. The summed E-state index contributed by atoms with van der Waals surface area (Å²) >= 11 is 0. The van der Waals surface area contributed by atoms with Crippen molar-refractivity contribution in [2.75, 3.05) is 19.0 Å². The van der Waals surface area contributed by atoms with Gasteiger partial charge in [-0.1, -0.05) is 6.07 Å². The second-order valence-electron chi connectivity index (χ2n) is 3.39. The Morgan fingerprint density at radius 3 is 2.17 bits per heavy atom.